The van der Waals surface area contributed by atoms with Gasteiger partial charge in [0.05, 0.1) is 11.8 Å². The summed E-state index contributed by atoms with van der Waals surface area (Å²) in [6, 6.07) is 0. The highest BCUT2D eigenvalue weighted by Crippen LogP contribution is 2.26. The van der Waals surface area contributed by atoms with Gasteiger partial charge < -0.3 is 4.74 Å². The molecule has 3 nitrogen and oxygen atoms in total. The summed E-state index contributed by atoms with van der Waals surface area (Å²) in [5.74, 6) is -0.325. The summed E-state index contributed by atoms with van der Waals surface area (Å²) in [7, 11) is 0. The van der Waals surface area contributed by atoms with E-state index in [2.05, 4.69) is 13.8 Å². The first-order valence-electron chi connectivity index (χ1n) is 7.15. The van der Waals surface area contributed by atoms with Crippen molar-refractivity contribution >= 4 is 11.9 Å². The smallest absolute Gasteiger partial charge is 0.320 e. The molecular weight excluding hydrogens is 240 g/mol. The van der Waals surface area contributed by atoms with Crippen LogP contribution in [0.5, 0.6) is 0 Å². The highest BCUT2D eigenvalue weighted by atomic mass is 16.6. The minimum Gasteiger partial charge on any atom is -0.392 e. The van der Waals surface area contributed by atoms with E-state index in [0.29, 0.717) is 11.8 Å². The Morgan fingerprint density at radius 2 is 1.32 bits per heavy atom. The molecule has 0 saturated carbocycles. The van der Waals surface area contributed by atoms with Crippen LogP contribution in [0.3, 0.4) is 0 Å². The Balaban J connectivity index is 1.90. The second-order valence-corrected chi connectivity index (χ2v) is 5.96. The third kappa shape index (κ3) is 3.79. The van der Waals surface area contributed by atoms with Crippen LogP contribution in [-0.2, 0) is 14.3 Å². The molecule has 19 heavy (non-hydrogen) atoms. The monoisotopic (exact) mass is 262 g/mol. The van der Waals surface area contributed by atoms with Crippen molar-refractivity contribution in [1.29, 1.82) is 0 Å². The average Bonchev–Trinajstić information content (AvgIpc) is 2.38. The molecule has 0 aromatic rings. The van der Waals surface area contributed by atoms with Gasteiger partial charge in [0.1, 0.15) is 0 Å². The average molecular weight is 262 g/mol. The van der Waals surface area contributed by atoms with Gasteiger partial charge in [-0.2, -0.15) is 0 Å². The zero-order valence-corrected chi connectivity index (χ0v) is 11.7. The van der Waals surface area contributed by atoms with Gasteiger partial charge in [-0.1, -0.05) is 38.2 Å². The van der Waals surface area contributed by atoms with E-state index in [1.165, 1.54) is 0 Å². The first kappa shape index (κ1) is 14.0. The van der Waals surface area contributed by atoms with Gasteiger partial charge in [-0.3, -0.25) is 9.59 Å². The second-order valence-electron chi connectivity index (χ2n) is 5.96. The number of carbonyl (C=O) groups excluding carboxylic acids is 2. The normalized spacial score (nSPS) is 34.0. The lowest BCUT2D eigenvalue weighted by atomic mass is 9.87. The molecule has 0 heterocycles. The van der Waals surface area contributed by atoms with E-state index in [9.17, 15) is 9.59 Å². The minimum absolute atomic E-state index is 0.252. The fourth-order valence-electron chi connectivity index (χ4n) is 2.77. The van der Waals surface area contributed by atoms with Gasteiger partial charge in [-0.15, -0.1) is 0 Å². The molecule has 0 N–H and O–H groups in total. The van der Waals surface area contributed by atoms with Crippen LogP contribution in [0.1, 0.15) is 39.5 Å². The van der Waals surface area contributed by atoms with Gasteiger partial charge in [-0.05, 0) is 37.5 Å². The van der Waals surface area contributed by atoms with Crippen molar-refractivity contribution in [1.82, 2.24) is 0 Å². The molecule has 4 atom stereocenters. The quantitative estimate of drug-likeness (QED) is 0.436. The summed E-state index contributed by atoms with van der Waals surface area (Å²) < 4.78 is 5.05. The summed E-state index contributed by atoms with van der Waals surface area (Å²) in [5.41, 5.74) is 0. The Morgan fingerprint density at radius 1 is 0.895 bits per heavy atom. The zero-order valence-electron chi connectivity index (χ0n) is 11.7. The van der Waals surface area contributed by atoms with E-state index in [4.69, 9.17) is 4.74 Å². The molecule has 4 unspecified atom stereocenters. The molecule has 104 valence electrons. The van der Waals surface area contributed by atoms with Crippen molar-refractivity contribution in [2.24, 2.45) is 23.7 Å². The molecule has 0 aliphatic heterocycles. The summed E-state index contributed by atoms with van der Waals surface area (Å²) >= 11 is 0. The van der Waals surface area contributed by atoms with E-state index < -0.39 is 0 Å². The fraction of sp³-hybridized carbons (Fsp3) is 0.625. The number of hydrogen-bond donors (Lipinski definition) is 0. The van der Waals surface area contributed by atoms with Gasteiger partial charge in [0.15, 0.2) is 0 Å². The molecule has 0 fully saturated rings. The van der Waals surface area contributed by atoms with Crippen molar-refractivity contribution in [2.45, 2.75) is 39.5 Å². The highest BCUT2D eigenvalue weighted by molar-refractivity contribution is 5.89. The standard InChI is InChI=1S/C16H22O3/c1-11-5-3-7-13(9-11)15(17)19-16(18)14-8-4-6-12(2)10-14/h3-4,7-8,11-14H,5-6,9-10H2,1-2H3. The van der Waals surface area contributed by atoms with E-state index in [0.717, 1.165) is 25.7 Å². The molecule has 0 saturated heterocycles. The van der Waals surface area contributed by atoms with Gasteiger partial charge in [0.2, 0.25) is 0 Å². The molecule has 2 aliphatic rings. The van der Waals surface area contributed by atoms with Crippen LogP contribution in [0.4, 0.5) is 0 Å². The Morgan fingerprint density at radius 3 is 1.68 bits per heavy atom. The minimum atomic E-state index is -0.389. The summed E-state index contributed by atoms with van der Waals surface area (Å²) in [6.07, 6.45) is 11.3. The van der Waals surface area contributed by atoms with Crippen LogP contribution in [0.15, 0.2) is 24.3 Å². The summed E-state index contributed by atoms with van der Waals surface area (Å²) in [4.78, 5) is 23.9. The first-order chi connectivity index (χ1) is 9.06. The van der Waals surface area contributed by atoms with E-state index in [-0.39, 0.29) is 23.8 Å². The van der Waals surface area contributed by atoms with Crippen molar-refractivity contribution in [3.8, 4) is 0 Å². The maximum atomic E-state index is 12.0. The largest absolute Gasteiger partial charge is 0.392 e. The lowest BCUT2D eigenvalue weighted by molar-refractivity contribution is -0.164. The van der Waals surface area contributed by atoms with Crippen molar-refractivity contribution in [3.05, 3.63) is 24.3 Å². The SMILES string of the molecule is CC1CC=CC(C(=O)OC(=O)C2C=CCC(C)C2)C1. The van der Waals surface area contributed by atoms with Gasteiger partial charge in [-0.25, -0.2) is 0 Å². The first-order valence-corrected chi connectivity index (χ1v) is 7.15. The van der Waals surface area contributed by atoms with Crippen LogP contribution >= 0.6 is 0 Å². The molecule has 3 heteroatoms. The Labute approximate surface area is 114 Å². The van der Waals surface area contributed by atoms with E-state index >= 15 is 0 Å². The number of hydrogen-bond acceptors (Lipinski definition) is 3. The number of allylic oxidation sites excluding steroid dienone is 2. The molecule has 2 aliphatic carbocycles. The Kier molecular flexibility index (Phi) is 4.56. The lowest BCUT2D eigenvalue weighted by Crippen LogP contribution is -2.28. The molecule has 0 aromatic carbocycles. The van der Waals surface area contributed by atoms with Crippen LogP contribution < -0.4 is 0 Å². The lowest BCUT2D eigenvalue weighted by Gasteiger charge is -2.22. The number of carbonyl (C=O) groups is 2. The summed E-state index contributed by atoms with van der Waals surface area (Å²) in [6.45, 7) is 4.22. The van der Waals surface area contributed by atoms with Gasteiger partial charge >= 0.3 is 11.9 Å². The fourth-order valence-corrected chi connectivity index (χ4v) is 2.77. The highest BCUT2D eigenvalue weighted by Gasteiger charge is 2.28. The van der Waals surface area contributed by atoms with E-state index in [1.807, 2.05) is 24.3 Å². The molecule has 0 amide bonds. The van der Waals surface area contributed by atoms with Crippen molar-refractivity contribution in [3.63, 3.8) is 0 Å². The van der Waals surface area contributed by atoms with Crippen LogP contribution in [0, 0.1) is 23.7 Å². The third-order valence-corrected chi connectivity index (χ3v) is 3.93. The maximum Gasteiger partial charge on any atom is 0.320 e. The molecule has 2 rings (SSSR count). The Bertz CT molecular complexity index is 370. The summed E-state index contributed by atoms with van der Waals surface area (Å²) in [5, 5.41) is 0. The van der Waals surface area contributed by atoms with Gasteiger partial charge in [0.25, 0.3) is 0 Å². The topological polar surface area (TPSA) is 43.4 Å². The second kappa shape index (κ2) is 6.18. The number of rotatable bonds is 2. The van der Waals surface area contributed by atoms with Crippen LogP contribution in [-0.4, -0.2) is 11.9 Å². The maximum absolute atomic E-state index is 12.0. The molecule has 0 spiro atoms. The van der Waals surface area contributed by atoms with Crippen LogP contribution in [0.25, 0.3) is 0 Å². The zero-order chi connectivity index (χ0) is 13.8. The van der Waals surface area contributed by atoms with Crippen molar-refractivity contribution < 1.29 is 14.3 Å². The third-order valence-electron chi connectivity index (χ3n) is 3.93. The Hall–Kier alpha value is -1.38. The molecular formula is C16H22O3. The van der Waals surface area contributed by atoms with E-state index in [1.54, 1.807) is 0 Å². The van der Waals surface area contributed by atoms with Crippen molar-refractivity contribution in [2.75, 3.05) is 0 Å². The van der Waals surface area contributed by atoms with Gasteiger partial charge in [0, 0.05) is 0 Å². The predicted molar refractivity (Wildman–Crippen MR) is 73.2 cm³/mol. The number of esters is 2. The molecule has 0 aromatic heterocycles. The predicted octanol–water partition coefficient (Wildman–Crippen LogP) is 3.26. The number of ether oxygens (including phenoxy) is 1. The van der Waals surface area contributed by atoms with Crippen LogP contribution in [0.2, 0.25) is 0 Å². The molecule has 0 radical (unpaired) electrons. The molecule has 0 bridgehead atoms.